The molecule has 2 atom stereocenters. The third kappa shape index (κ3) is 4.98. The predicted molar refractivity (Wildman–Crippen MR) is 138 cm³/mol. The van der Waals surface area contributed by atoms with E-state index in [1.807, 2.05) is 25.1 Å². The number of aryl methyl sites for hydroxylation is 2. The van der Waals surface area contributed by atoms with Crippen LogP contribution in [0.4, 0.5) is 5.82 Å². The minimum Gasteiger partial charge on any atom is -0.461 e. The monoisotopic (exact) mass is 477 g/mol. The average Bonchev–Trinajstić information content (AvgIpc) is 3.28. The third-order valence-corrected chi connectivity index (χ3v) is 7.51. The van der Waals surface area contributed by atoms with Gasteiger partial charge >= 0.3 is 0 Å². The minimum atomic E-state index is -0.197. The first kappa shape index (κ1) is 23.6. The van der Waals surface area contributed by atoms with E-state index in [1.54, 1.807) is 13.1 Å². The predicted octanol–water partition coefficient (Wildman–Crippen LogP) is 3.98. The van der Waals surface area contributed by atoms with E-state index >= 15 is 0 Å². The molecular formula is C27H35N5O3. The van der Waals surface area contributed by atoms with Crippen LogP contribution < -0.4 is 16.2 Å². The lowest BCUT2D eigenvalue weighted by Gasteiger charge is -2.37. The second kappa shape index (κ2) is 9.85. The first-order chi connectivity index (χ1) is 16.9. The van der Waals surface area contributed by atoms with Crippen molar-refractivity contribution in [3.05, 3.63) is 46.1 Å². The van der Waals surface area contributed by atoms with Gasteiger partial charge in [0.25, 0.3) is 5.56 Å². The molecule has 186 valence electrons. The van der Waals surface area contributed by atoms with Gasteiger partial charge in [-0.05, 0) is 64.9 Å². The van der Waals surface area contributed by atoms with E-state index < -0.39 is 0 Å². The number of fused-ring (bicyclic) bond motifs is 1. The van der Waals surface area contributed by atoms with Crippen molar-refractivity contribution in [3.63, 3.8) is 0 Å². The number of hydrogen-bond donors (Lipinski definition) is 3. The highest BCUT2D eigenvalue weighted by atomic mass is 16.3. The zero-order valence-electron chi connectivity index (χ0n) is 20.8. The summed E-state index contributed by atoms with van der Waals surface area (Å²) in [7, 11) is 2.06. The maximum absolute atomic E-state index is 13.3. The highest BCUT2D eigenvalue weighted by Crippen LogP contribution is 2.33. The molecule has 3 N–H and O–H groups in total. The lowest BCUT2D eigenvalue weighted by Crippen LogP contribution is -2.53. The van der Waals surface area contributed by atoms with Crippen molar-refractivity contribution in [2.75, 3.05) is 25.5 Å². The van der Waals surface area contributed by atoms with Crippen LogP contribution in [0, 0.1) is 19.8 Å². The van der Waals surface area contributed by atoms with Crippen molar-refractivity contribution in [1.29, 1.82) is 0 Å². The molecule has 0 radical (unpaired) electrons. The Kier molecular flexibility index (Phi) is 6.65. The largest absolute Gasteiger partial charge is 0.461 e. The smallest absolute Gasteiger partial charge is 0.251 e. The average molecular weight is 478 g/mol. The lowest BCUT2D eigenvalue weighted by atomic mass is 9.89. The van der Waals surface area contributed by atoms with Crippen LogP contribution in [0.1, 0.15) is 49.8 Å². The van der Waals surface area contributed by atoms with Gasteiger partial charge in [0, 0.05) is 41.3 Å². The molecule has 0 aromatic carbocycles. The number of hydrogen-bond acceptors (Lipinski definition) is 6. The maximum atomic E-state index is 13.3. The molecule has 5 rings (SSSR count). The molecule has 35 heavy (non-hydrogen) atoms. The summed E-state index contributed by atoms with van der Waals surface area (Å²) in [5, 5.41) is 7.73. The third-order valence-electron chi connectivity index (χ3n) is 7.51. The Labute approximate surface area is 205 Å². The number of amides is 1. The molecule has 0 bridgehead atoms. The Morgan fingerprint density at radius 3 is 2.71 bits per heavy atom. The fourth-order valence-electron chi connectivity index (χ4n) is 5.47. The molecule has 1 saturated heterocycles. The summed E-state index contributed by atoms with van der Waals surface area (Å²) < 4.78 is 5.86. The minimum absolute atomic E-state index is 0.0768. The number of aromatic nitrogens is 2. The number of rotatable bonds is 5. The summed E-state index contributed by atoms with van der Waals surface area (Å²) in [4.78, 5) is 35.8. The van der Waals surface area contributed by atoms with Gasteiger partial charge in [-0.25, -0.2) is 4.98 Å². The van der Waals surface area contributed by atoms with Crippen LogP contribution >= 0.6 is 0 Å². The zero-order chi connectivity index (χ0) is 24.5. The first-order valence-electron chi connectivity index (χ1n) is 12.7. The van der Waals surface area contributed by atoms with Crippen LogP contribution in [0.2, 0.25) is 0 Å². The van der Waals surface area contributed by atoms with Crippen LogP contribution in [-0.4, -0.2) is 53.0 Å². The van der Waals surface area contributed by atoms with Crippen molar-refractivity contribution >= 4 is 22.6 Å². The summed E-state index contributed by atoms with van der Waals surface area (Å²) in [6, 6.07) is 5.92. The quantitative estimate of drug-likeness (QED) is 0.514. The van der Waals surface area contributed by atoms with Crippen molar-refractivity contribution in [1.82, 2.24) is 20.2 Å². The SMILES string of the molecule is Cc1ccc(-c2cnc(N[C@@H]3CCN(C)C[C@H]3C(=O)NC3CCCCC3)c3[nH]c(=O)c(C)cc23)o1. The topological polar surface area (TPSA) is 103 Å². The first-order valence-corrected chi connectivity index (χ1v) is 12.7. The van der Waals surface area contributed by atoms with Crippen molar-refractivity contribution in [2.45, 2.75) is 64.5 Å². The second-order valence-corrected chi connectivity index (χ2v) is 10.3. The van der Waals surface area contributed by atoms with E-state index in [9.17, 15) is 9.59 Å². The van der Waals surface area contributed by atoms with Crippen LogP contribution in [0.15, 0.2) is 33.6 Å². The molecular weight excluding hydrogens is 442 g/mol. The second-order valence-electron chi connectivity index (χ2n) is 10.3. The van der Waals surface area contributed by atoms with E-state index in [1.165, 1.54) is 19.3 Å². The molecule has 8 heteroatoms. The fraction of sp³-hybridized carbons (Fsp3) is 0.519. The van der Waals surface area contributed by atoms with E-state index in [4.69, 9.17) is 9.40 Å². The molecule has 0 spiro atoms. The maximum Gasteiger partial charge on any atom is 0.251 e. The van der Waals surface area contributed by atoms with E-state index in [0.29, 0.717) is 29.2 Å². The number of likely N-dealkylation sites (tertiary alicyclic amines) is 1. The number of anilines is 1. The molecule has 4 heterocycles. The number of furan rings is 1. The molecule has 3 aromatic heterocycles. The van der Waals surface area contributed by atoms with E-state index in [0.717, 1.165) is 42.5 Å². The summed E-state index contributed by atoms with van der Waals surface area (Å²) in [5.74, 6) is 2.03. The van der Waals surface area contributed by atoms with Crippen LogP contribution in [0.25, 0.3) is 22.2 Å². The molecule has 1 aliphatic carbocycles. The Morgan fingerprint density at radius 1 is 1.17 bits per heavy atom. The molecule has 3 aromatic rings. The Morgan fingerprint density at radius 2 is 1.97 bits per heavy atom. The highest BCUT2D eigenvalue weighted by Gasteiger charge is 2.35. The lowest BCUT2D eigenvalue weighted by molar-refractivity contribution is -0.127. The zero-order valence-corrected chi connectivity index (χ0v) is 20.8. The van der Waals surface area contributed by atoms with Crippen LogP contribution in [-0.2, 0) is 4.79 Å². The molecule has 2 fully saturated rings. The number of carbonyl (C=O) groups excluding carboxylic acids is 1. The normalized spacial score (nSPS) is 21.8. The van der Waals surface area contributed by atoms with Crippen molar-refractivity contribution in [2.24, 2.45) is 5.92 Å². The summed E-state index contributed by atoms with van der Waals surface area (Å²) in [6.07, 6.45) is 8.35. The number of nitrogens with one attached hydrogen (secondary N) is 3. The summed E-state index contributed by atoms with van der Waals surface area (Å²) in [5.41, 5.74) is 1.94. The fourth-order valence-corrected chi connectivity index (χ4v) is 5.47. The highest BCUT2D eigenvalue weighted by molar-refractivity contribution is 5.98. The van der Waals surface area contributed by atoms with E-state index in [-0.39, 0.29) is 29.5 Å². The van der Waals surface area contributed by atoms with Gasteiger partial charge in [-0.2, -0.15) is 0 Å². The van der Waals surface area contributed by atoms with Gasteiger partial charge in [-0.15, -0.1) is 0 Å². The number of nitrogens with zero attached hydrogens (tertiary/aromatic N) is 2. The van der Waals surface area contributed by atoms with Gasteiger partial charge < -0.3 is 24.9 Å². The Balaban J connectivity index is 1.46. The van der Waals surface area contributed by atoms with Crippen LogP contribution in [0.5, 0.6) is 0 Å². The Hall–Kier alpha value is -3.13. The van der Waals surface area contributed by atoms with Crippen molar-refractivity contribution in [3.8, 4) is 11.3 Å². The molecule has 2 aliphatic rings. The van der Waals surface area contributed by atoms with Gasteiger partial charge in [-0.1, -0.05) is 19.3 Å². The molecule has 0 unspecified atom stereocenters. The molecule has 1 amide bonds. The number of aromatic amines is 1. The number of carbonyl (C=O) groups is 1. The number of pyridine rings is 2. The van der Waals surface area contributed by atoms with Gasteiger partial charge in [0.05, 0.1) is 11.4 Å². The van der Waals surface area contributed by atoms with Crippen molar-refractivity contribution < 1.29 is 9.21 Å². The number of H-pyrrole nitrogens is 1. The van der Waals surface area contributed by atoms with Crippen LogP contribution in [0.3, 0.4) is 0 Å². The summed E-state index contributed by atoms with van der Waals surface area (Å²) >= 11 is 0. The number of piperidine rings is 1. The van der Waals surface area contributed by atoms with E-state index in [2.05, 4.69) is 27.6 Å². The molecule has 1 aliphatic heterocycles. The van der Waals surface area contributed by atoms with Gasteiger partial charge in [0.15, 0.2) is 5.82 Å². The standard InChI is InChI=1S/C27H35N5O3/c1-16-13-19-20(23-10-9-17(2)35-23)14-28-25(24(19)31-26(16)33)30-22-11-12-32(3)15-21(22)27(34)29-18-7-5-4-6-8-18/h9-10,13-14,18,21-22H,4-8,11-12,15H2,1-3H3,(H,28,30)(H,29,34)(H,31,33)/t21-,22-/m1/s1. The van der Waals surface area contributed by atoms with Gasteiger partial charge in [-0.3, -0.25) is 9.59 Å². The van der Waals surface area contributed by atoms with Gasteiger partial charge in [0.2, 0.25) is 5.91 Å². The molecule has 1 saturated carbocycles. The Bertz CT molecular complexity index is 1270. The van der Waals surface area contributed by atoms with Gasteiger partial charge in [0.1, 0.15) is 11.5 Å². The molecule has 8 nitrogen and oxygen atoms in total. The summed E-state index contributed by atoms with van der Waals surface area (Å²) in [6.45, 7) is 5.28.